The molecule has 1 aliphatic heterocycles. The number of halogens is 1. The molecule has 2 aromatic heterocycles. The van der Waals surface area contributed by atoms with Crippen molar-refractivity contribution >= 4 is 28.1 Å². The lowest BCUT2D eigenvalue weighted by molar-refractivity contribution is 0.223. The van der Waals surface area contributed by atoms with Crippen molar-refractivity contribution in [3.8, 4) is 11.3 Å². The van der Waals surface area contributed by atoms with E-state index >= 15 is 0 Å². The van der Waals surface area contributed by atoms with E-state index in [1.54, 1.807) is 0 Å². The molecule has 2 N–H and O–H groups in total. The third-order valence-electron chi connectivity index (χ3n) is 4.36. The Morgan fingerprint density at radius 3 is 2.76 bits per heavy atom. The van der Waals surface area contributed by atoms with Crippen LogP contribution in [0.5, 0.6) is 0 Å². The molecule has 0 saturated carbocycles. The molecule has 3 heterocycles. The first kappa shape index (κ1) is 16.5. The summed E-state index contributed by atoms with van der Waals surface area (Å²) in [6, 6.07) is 12.0. The lowest BCUT2D eigenvalue weighted by Crippen LogP contribution is -2.35. The van der Waals surface area contributed by atoms with Gasteiger partial charge < -0.3 is 9.40 Å². The third kappa shape index (κ3) is 3.53. The summed E-state index contributed by atoms with van der Waals surface area (Å²) in [7, 11) is 0. The standard InChI is InChI=1S/C18H16BrN3O2S/c19-12-3-1-11(2-4-12)16-6-5-13(24-16)9-22-8-7-15-14(10-22)17(23)21-18(25)20-15/h1-6H,7-10H2,(H2,20,21,23,25). The normalized spacial score (nSPS) is 14.4. The Labute approximate surface area is 157 Å². The molecule has 0 radical (unpaired) electrons. The van der Waals surface area contributed by atoms with Gasteiger partial charge in [0.05, 0.1) is 12.1 Å². The molecule has 4 rings (SSSR count). The topological polar surface area (TPSA) is 65.0 Å². The highest BCUT2D eigenvalue weighted by atomic mass is 79.9. The molecular weight excluding hydrogens is 402 g/mol. The zero-order valence-corrected chi connectivity index (χ0v) is 15.7. The SMILES string of the molecule is O=c1[nH]c(=S)[nH]c2c1CN(Cc1ccc(-c3ccc(Br)cc3)o1)CC2. The molecule has 0 atom stereocenters. The van der Waals surface area contributed by atoms with Gasteiger partial charge in [-0.2, -0.15) is 0 Å². The van der Waals surface area contributed by atoms with Crippen LogP contribution in [0.4, 0.5) is 0 Å². The Balaban J connectivity index is 1.51. The van der Waals surface area contributed by atoms with Crippen molar-refractivity contribution in [1.29, 1.82) is 0 Å². The number of rotatable bonds is 3. The van der Waals surface area contributed by atoms with Crippen molar-refractivity contribution in [3.63, 3.8) is 0 Å². The summed E-state index contributed by atoms with van der Waals surface area (Å²) < 4.78 is 7.41. The largest absolute Gasteiger partial charge is 0.460 e. The average Bonchev–Trinajstić information content (AvgIpc) is 3.04. The van der Waals surface area contributed by atoms with E-state index in [0.29, 0.717) is 17.9 Å². The van der Waals surface area contributed by atoms with Crippen molar-refractivity contribution in [2.75, 3.05) is 6.54 Å². The van der Waals surface area contributed by atoms with E-state index in [0.717, 1.165) is 45.8 Å². The Bertz CT molecular complexity index is 1020. The number of furan rings is 1. The highest BCUT2D eigenvalue weighted by Crippen LogP contribution is 2.25. The number of aromatic amines is 2. The van der Waals surface area contributed by atoms with Gasteiger partial charge in [-0.25, -0.2) is 0 Å². The molecule has 0 aliphatic carbocycles. The van der Waals surface area contributed by atoms with Crippen LogP contribution in [0, 0.1) is 4.77 Å². The molecule has 0 bridgehead atoms. The number of aromatic nitrogens is 2. The summed E-state index contributed by atoms with van der Waals surface area (Å²) in [5, 5.41) is 0. The molecule has 0 fully saturated rings. The van der Waals surface area contributed by atoms with Crippen molar-refractivity contribution < 1.29 is 4.42 Å². The van der Waals surface area contributed by atoms with Crippen molar-refractivity contribution in [2.24, 2.45) is 0 Å². The second-order valence-electron chi connectivity index (χ2n) is 6.10. The molecule has 3 aromatic rings. The fourth-order valence-electron chi connectivity index (χ4n) is 3.10. The summed E-state index contributed by atoms with van der Waals surface area (Å²) in [6.45, 7) is 2.12. The fraction of sp³-hybridized carbons (Fsp3) is 0.222. The number of hydrogen-bond donors (Lipinski definition) is 2. The van der Waals surface area contributed by atoms with Crippen molar-refractivity contribution in [2.45, 2.75) is 19.5 Å². The molecule has 128 valence electrons. The van der Waals surface area contributed by atoms with E-state index in [1.807, 2.05) is 36.4 Å². The second-order valence-corrected chi connectivity index (χ2v) is 7.42. The predicted molar refractivity (Wildman–Crippen MR) is 102 cm³/mol. The van der Waals surface area contributed by atoms with Gasteiger partial charge in [-0.1, -0.05) is 28.1 Å². The Morgan fingerprint density at radius 2 is 1.96 bits per heavy atom. The zero-order valence-electron chi connectivity index (χ0n) is 13.3. The predicted octanol–water partition coefficient (Wildman–Crippen LogP) is 4.01. The molecule has 0 amide bonds. The van der Waals surface area contributed by atoms with E-state index in [9.17, 15) is 4.79 Å². The molecule has 1 aliphatic rings. The summed E-state index contributed by atoms with van der Waals surface area (Å²) in [4.78, 5) is 20.1. The molecule has 0 saturated heterocycles. The third-order valence-corrected chi connectivity index (χ3v) is 5.09. The highest BCUT2D eigenvalue weighted by molar-refractivity contribution is 9.10. The lowest BCUT2D eigenvalue weighted by atomic mass is 10.1. The van der Waals surface area contributed by atoms with Gasteiger partial charge in [0.25, 0.3) is 5.56 Å². The monoisotopic (exact) mass is 417 g/mol. The van der Waals surface area contributed by atoms with Crippen LogP contribution in [-0.2, 0) is 19.5 Å². The minimum absolute atomic E-state index is 0.0987. The lowest BCUT2D eigenvalue weighted by Gasteiger charge is -2.26. The number of nitrogens with one attached hydrogen (secondary N) is 2. The Morgan fingerprint density at radius 1 is 1.16 bits per heavy atom. The van der Waals surface area contributed by atoms with Gasteiger partial charge in [0.2, 0.25) is 0 Å². The number of benzene rings is 1. The van der Waals surface area contributed by atoms with Gasteiger partial charge in [-0.15, -0.1) is 0 Å². The van der Waals surface area contributed by atoms with Crippen LogP contribution in [-0.4, -0.2) is 21.4 Å². The smallest absolute Gasteiger partial charge is 0.256 e. The molecule has 25 heavy (non-hydrogen) atoms. The average molecular weight is 418 g/mol. The number of fused-ring (bicyclic) bond motifs is 1. The summed E-state index contributed by atoms with van der Waals surface area (Å²) in [5.74, 6) is 1.74. The number of nitrogens with zero attached hydrogens (tertiary/aromatic N) is 1. The van der Waals surface area contributed by atoms with Crippen molar-refractivity contribution in [3.05, 3.63) is 73.0 Å². The molecular formula is C18H16BrN3O2S. The maximum absolute atomic E-state index is 12.1. The fourth-order valence-corrected chi connectivity index (χ4v) is 3.58. The van der Waals surface area contributed by atoms with Gasteiger partial charge >= 0.3 is 0 Å². The second kappa shape index (κ2) is 6.74. The molecule has 0 unspecified atom stereocenters. The van der Waals surface area contributed by atoms with Crippen LogP contribution in [0.3, 0.4) is 0 Å². The van der Waals surface area contributed by atoms with Crippen LogP contribution in [0.1, 0.15) is 17.0 Å². The summed E-state index contributed by atoms with van der Waals surface area (Å²) >= 11 is 8.47. The van der Waals surface area contributed by atoms with Crippen LogP contribution in [0.25, 0.3) is 11.3 Å². The Kier molecular flexibility index (Phi) is 4.45. The number of hydrogen-bond acceptors (Lipinski definition) is 4. The summed E-state index contributed by atoms with van der Waals surface area (Å²) in [5.41, 5.74) is 2.65. The van der Waals surface area contributed by atoms with Crippen LogP contribution >= 0.6 is 28.1 Å². The maximum atomic E-state index is 12.1. The van der Waals surface area contributed by atoms with Crippen LogP contribution < -0.4 is 5.56 Å². The minimum atomic E-state index is -0.0987. The van der Waals surface area contributed by atoms with Gasteiger partial charge in [0.15, 0.2) is 4.77 Å². The summed E-state index contributed by atoms with van der Waals surface area (Å²) in [6.07, 6.45) is 0.781. The molecule has 1 aromatic carbocycles. The number of H-pyrrole nitrogens is 2. The quantitative estimate of drug-likeness (QED) is 0.631. The van der Waals surface area contributed by atoms with E-state index in [2.05, 4.69) is 30.8 Å². The van der Waals surface area contributed by atoms with Gasteiger partial charge in [-0.3, -0.25) is 14.7 Å². The Hall–Kier alpha value is -1.96. The first-order valence-electron chi connectivity index (χ1n) is 8.00. The molecule has 5 nitrogen and oxygen atoms in total. The first-order valence-corrected chi connectivity index (χ1v) is 9.20. The highest BCUT2D eigenvalue weighted by Gasteiger charge is 2.20. The minimum Gasteiger partial charge on any atom is -0.460 e. The molecule has 7 heteroatoms. The van der Waals surface area contributed by atoms with E-state index in [-0.39, 0.29) is 5.56 Å². The van der Waals surface area contributed by atoms with Gasteiger partial charge in [0, 0.05) is 35.2 Å². The first-order chi connectivity index (χ1) is 12.1. The van der Waals surface area contributed by atoms with Crippen LogP contribution in [0.15, 0.2) is 50.1 Å². The zero-order chi connectivity index (χ0) is 17.4. The van der Waals surface area contributed by atoms with Crippen molar-refractivity contribution in [1.82, 2.24) is 14.9 Å². The molecule has 0 spiro atoms. The van der Waals surface area contributed by atoms with Gasteiger partial charge in [-0.05, 0) is 36.5 Å². The van der Waals surface area contributed by atoms with Crippen LogP contribution in [0.2, 0.25) is 0 Å². The maximum Gasteiger partial charge on any atom is 0.256 e. The van der Waals surface area contributed by atoms with Gasteiger partial charge in [0.1, 0.15) is 11.5 Å². The van der Waals surface area contributed by atoms with E-state index in [1.165, 1.54) is 0 Å². The van der Waals surface area contributed by atoms with E-state index in [4.69, 9.17) is 16.6 Å². The van der Waals surface area contributed by atoms with E-state index < -0.39 is 0 Å².